The number of hydrogen-bond acceptors (Lipinski definition) is 3. The lowest BCUT2D eigenvalue weighted by Crippen LogP contribution is -2.30. The van der Waals surface area contributed by atoms with E-state index in [1.165, 1.54) is 16.4 Å². The van der Waals surface area contributed by atoms with E-state index in [-0.39, 0.29) is 24.3 Å². The van der Waals surface area contributed by atoms with Crippen LogP contribution in [0.2, 0.25) is 0 Å². The second-order valence-electron chi connectivity index (χ2n) is 8.51. The summed E-state index contributed by atoms with van der Waals surface area (Å²) in [6.07, 6.45) is 1.92. The van der Waals surface area contributed by atoms with Gasteiger partial charge >= 0.3 is 0 Å². The zero-order valence-electron chi connectivity index (χ0n) is 19.0. The van der Waals surface area contributed by atoms with Crippen molar-refractivity contribution < 1.29 is 17.6 Å². The molecule has 1 atom stereocenters. The van der Waals surface area contributed by atoms with Crippen LogP contribution in [0.1, 0.15) is 47.8 Å². The lowest BCUT2D eigenvalue weighted by molar-refractivity contribution is 0.0932. The summed E-state index contributed by atoms with van der Waals surface area (Å²) in [7, 11) is -3.59. The molecule has 5 nitrogen and oxygen atoms in total. The van der Waals surface area contributed by atoms with E-state index in [1.54, 1.807) is 36.4 Å². The normalized spacial score (nSPS) is 12.4. The van der Waals surface area contributed by atoms with Gasteiger partial charge in [0.2, 0.25) is 10.0 Å². The van der Waals surface area contributed by atoms with Gasteiger partial charge in [-0.25, -0.2) is 12.8 Å². The van der Waals surface area contributed by atoms with Crippen LogP contribution in [-0.2, 0) is 16.6 Å². The number of benzene rings is 3. The zero-order valence-corrected chi connectivity index (χ0v) is 19.8. The zero-order chi connectivity index (χ0) is 24.0. The minimum atomic E-state index is -3.59. The first-order valence-corrected chi connectivity index (χ1v) is 12.7. The summed E-state index contributed by atoms with van der Waals surface area (Å²) in [5.74, 6) is -0.209. The third-order valence-electron chi connectivity index (χ3n) is 5.27. The van der Waals surface area contributed by atoms with E-state index in [4.69, 9.17) is 0 Å². The number of anilines is 1. The van der Waals surface area contributed by atoms with Crippen LogP contribution < -0.4 is 9.62 Å². The van der Waals surface area contributed by atoms with Crippen molar-refractivity contribution in [3.63, 3.8) is 0 Å². The van der Waals surface area contributed by atoms with E-state index < -0.39 is 10.0 Å². The SMILES string of the molecule is CC(C)C[C@H](NC(=O)c1ccc(N(Cc2ccc(F)cc2)S(C)(=O)=O)cc1)c1ccccc1. The fraction of sp³-hybridized carbons (Fsp3) is 0.269. The number of sulfonamides is 1. The first kappa shape index (κ1) is 24.5. The molecule has 174 valence electrons. The topological polar surface area (TPSA) is 66.5 Å². The first-order chi connectivity index (χ1) is 15.6. The van der Waals surface area contributed by atoms with Gasteiger partial charge in [0.25, 0.3) is 5.91 Å². The van der Waals surface area contributed by atoms with Gasteiger partial charge in [-0.05, 0) is 59.9 Å². The maximum absolute atomic E-state index is 13.2. The number of carbonyl (C=O) groups is 1. The van der Waals surface area contributed by atoms with Gasteiger partial charge in [0.1, 0.15) is 5.82 Å². The Labute approximate surface area is 195 Å². The third-order valence-corrected chi connectivity index (χ3v) is 6.41. The molecular formula is C26H29FN2O3S. The smallest absolute Gasteiger partial charge is 0.251 e. The fourth-order valence-corrected chi connectivity index (χ4v) is 4.50. The number of halogens is 1. The predicted octanol–water partition coefficient (Wildman–Crippen LogP) is 5.31. The van der Waals surface area contributed by atoms with Crippen molar-refractivity contribution in [3.8, 4) is 0 Å². The Bertz CT molecular complexity index is 1160. The standard InChI is InChI=1S/C26H29FN2O3S/c1-19(2)17-25(21-7-5-4-6-8-21)28-26(30)22-11-15-24(16-12-22)29(33(3,31)32)18-20-9-13-23(27)14-10-20/h4-16,19,25H,17-18H2,1-3H3,(H,28,30)/t25-/m0/s1. The van der Waals surface area contributed by atoms with Crippen molar-refractivity contribution in [3.05, 3.63) is 101 Å². The van der Waals surface area contributed by atoms with Gasteiger partial charge in [0, 0.05) is 5.56 Å². The van der Waals surface area contributed by atoms with E-state index in [0.29, 0.717) is 22.7 Å². The monoisotopic (exact) mass is 468 g/mol. The molecule has 0 unspecified atom stereocenters. The number of nitrogens with one attached hydrogen (secondary N) is 1. The minimum Gasteiger partial charge on any atom is -0.345 e. The van der Waals surface area contributed by atoms with Crippen LogP contribution in [0.15, 0.2) is 78.9 Å². The molecule has 1 amide bonds. The van der Waals surface area contributed by atoms with Crippen molar-refractivity contribution in [1.82, 2.24) is 5.32 Å². The Kier molecular flexibility index (Phi) is 7.87. The van der Waals surface area contributed by atoms with E-state index in [1.807, 2.05) is 30.3 Å². The van der Waals surface area contributed by atoms with Gasteiger partial charge in [0.05, 0.1) is 24.5 Å². The molecule has 0 aromatic heterocycles. The number of amides is 1. The van der Waals surface area contributed by atoms with Crippen LogP contribution in [-0.4, -0.2) is 20.6 Å². The lowest BCUT2D eigenvalue weighted by atomic mass is 9.96. The average Bonchev–Trinajstić information content (AvgIpc) is 2.78. The number of hydrogen-bond donors (Lipinski definition) is 1. The minimum absolute atomic E-state index is 0.0646. The van der Waals surface area contributed by atoms with Crippen LogP contribution >= 0.6 is 0 Å². The van der Waals surface area contributed by atoms with Crippen molar-refractivity contribution in [2.45, 2.75) is 32.9 Å². The summed E-state index contributed by atoms with van der Waals surface area (Å²) >= 11 is 0. The average molecular weight is 469 g/mol. The lowest BCUT2D eigenvalue weighted by Gasteiger charge is -2.23. The van der Waals surface area contributed by atoms with Gasteiger partial charge in [-0.3, -0.25) is 9.10 Å². The molecule has 3 rings (SSSR count). The number of carbonyl (C=O) groups excluding carboxylic acids is 1. The van der Waals surface area contributed by atoms with Gasteiger partial charge in [-0.2, -0.15) is 0 Å². The Morgan fingerprint density at radius 1 is 0.939 bits per heavy atom. The van der Waals surface area contributed by atoms with Crippen LogP contribution in [0.25, 0.3) is 0 Å². The molecule has 0 saturated carbocycles. The Morgan fingerprint density at radius 3 is 2.09 bits per heavy atom. The summed E-state index contributed by atoms with van der Waals surface area (Å²) in [6.45, 7) is 4.28. The molecule has 0 spiro atoms. The molecule has 0 radical (unpaired) electrons. The highest BCUT2D eigenvalue weighted by molar-refractivity contribution is 7.92. The molecule has 3 aromatic rings. The molecule has 7 heteroatoms. The summed E-state index contributed by atoms with van der Waals surface area (Å²) in [5, 5.41) is 3.10. The predicted molar refractivity (Wildman–Crippen MR) is 130 cm³/mol. The summed E-state index contributed by atoms with van der Waals surface area (Å²) in [5.41, 5.74) is 2.57. The van der Waals surface area contributed by atoms with Gasteiger partial charge in [-0.15, -0.1) is 0 Å². The highest BCUT2D eigenvalue weighted by Crippen LogP contribution is 2.24. The van der Waals surface area contributed by atoms with Crippen LogP contribution in [0, 0.1) is 11.7 Å². The first-order valence-electron chi connectivity index (χ1n) is 10.8. The Balaban J connectivity index is 1.79. The largest absolute Gasteiger partial charge is 0.345 e. The Hall–Kier alpha value is -3.19. The molecule has 0 bridgehead atoms. The van der Waals surface area contributed by atoms with E-state index >= 15 is 0 Å². The van der Waals surface area contributed by atoms with Gasteiger partial charge in [0.15, 0.2) is 0 Å². The van der Waals surface area contributed by atoms with Crippen molar-refractivity contribution in [2.24, 2.45) is 5.92 Å². The highest BCUT2D eigenvalue weighted by atomic mass is 32.2. The van der Waals surface area contributed by atoms with Crippen LogP contribution in [0.4, 0.5) is 10.1 Å². The second kappa shape index (κ2) is 10.6. The van der Waals surface area contributed by atoms with Crippen LogP contribution in [0.3, 0.4) is 0 Å². The van der Waals surface area contributed by atoms with Gasteiger partial charge in [-0.1, -0.05) is 56.3 Å². The number of nitrogens with zero attached hydrogens (tertiary/aromatic N) is 1. The quantitative estimate of drug-likeness (QED) is 0.463. The molecule has 0 aliphatic carbocycles. The molecule has 0 aliphatic heterocycles. The van der Waals surface area contributed by atoms with Gasteiger partial charge < -0.3 is 5.32 Å². The fourth-order valence-electron chi connectivity index (χ4n) is 3.61. The summed E-state index contributed by atoms with van der Waals surface area (Å²) < 4.78 is 39.2. The molecule has 1 N–H and O–H groups in total. The second-order valence-corrected chi connectivity index (χ2v) is 10.4. The van der Waals surface area contributed by atoms with E-state index in [9.17, 15) is 17.6 Å². The van der Waals surface area contributed by atoms with Crippen LogP contribution in [0.5, 0.6) is 0 Å². The molecule has 0 aliphatic rings. The molecule has 3 aromatic carbocycles. The molecule has 0 fully saturated rings. The van der Waals surface area contributed by atoms with E-state index in [2.05, 4.69) is 19.2 Å². The maximum Gasteiger partial charge on any atom is 0.251 e. The molecule has 33 heavy (non-hydrogen) atoms. The summed E-state index contributed by atoms with van der Waals surface area (Å²) in [4.78, 5) is 12.9. The van der Waals surface area contributed by atoms with Crippen molar-refractivity contribution in [2.75, 3.05) is 10.6 Å². The highest BCUT2D eigenvalue weighted by Gasteiger charge is 2.20. The molecule has 0 heterocycles. The number of rotatable bonds is 9. The van der Waals surface area contributed by atoms with Crippen molar-refractivity contribution >= 4 is 21.6 Å². The maximum atomic E-state index is 13.2. The molecular weight excluding hydrogens is 439 g/mol. The Morgan fingerprint density at radius 2 is 1.55 bits per heavy atom. The molecule has 0 saturated heterocycles. The third kappa shape index (κ3) is 6.89. The summed E-state index contributed by atoms with van der Waals surface area (Å²) in [6, 6.07) is 21.9. The van der Waals surface area contributed by atoms with E-state index in [0.717, 1.165) is 18.2 Å². The van der Waals surface area contributed by atoms with Crippen molar-refractivity contribution in [1.29, 1.82) is 0 Å².